The van der Waals surface area contributed by atoms with E-state index >= 15 is 0 Å². The van der Waals surface area contributed by atoms with Gasteiger partial charge in [-0.2, -0.15) is 5.10 Å². The summed E-state index contributed by atoms with van der Waals surface area (Å²) in [7, 11) is -3.17. The Morgan fingerprint density at radius 3 is 2.64 bits per heavy atom. The Hall–Kier alpha value is -1.08. The molecule has 0 aliphatic rings. The van der Waals surface area contributed by atoms with Gasteiger partial charge >= 0.3 is 0 Å². The average molecular weight is 231 g/mol. The Balaban J connectivity index is 2.89. The maximum Gasteiger partial charge on any atom is 0.185 e. The molecular formula is C7H9N3O2S2. The normalized spacial score (nSPS) is 12.4. The maximum absolute atomic E-state index is 11.4. The molecule has 0 bridgehead atoms. The Morgan fingerprint density at radius 1 is 1.50 bits per heavy atom. The first-order valence-corrected chi connectivity index (χ1v) is 6.55. The number of nitrogen functional groups attached to an aromatic ring is 1. The number of aromatic nitrogens is 2. The molecule has 0 atom stereocenters. The number of nitrogens with one attached hydrogen (secondary N) is 1. The zero-order chi connectivity index (χ0) is 10.5. The third-order valence-corrected chi connectivity index (χ3v) is 5.09. The van der Waals surface area contributed by atoms with Crippen LogP contribution in [-0.4, -0.2) is 24.9 Å². The molecule has 0 fully saturated rings. The van der Waals surface area contributed by atoms with Crippen LogP contribution in [0.15, 0.2) is 4.21 Å². The number of nitrogens with zero attached hydrogens (tertiary/aromatic N) is 1. The lowest BCUT2D eigenvalue weighted by molar-refractivity contribution is 0.603. The largest absolute Gasteiger partial charge is 0.384 e. The van der Waals surface area contributed by atoms with E-state index in [0.717, 1.165) is 16.7 Å². The van der Waals surface area contributed by atoms with Crippen molar-refractivity contribution in [3.63, 3.8) is 0 Å². The van der Waals surface area contributed by atoms with Gasteiger partial charge in [0.2, 0.25) is 0 Å². The number of rotatable bonds is 1. The molecule has 2 aromatic heterocycles. The minimum atomic E-state index is -3.17. The summed E-state index contributed by atoms with van der Waals surface area (Å²) in [6.07, 6.45) is 1.19. The van der Waals surface area contributed by atoms with Crippen molar-refractivity contribution >= 4 is 37.2 Å². The fourth-order valence-corrected chi connectivity index (χ4v) is 3.78. The van der Waals surface area contributed by atoms with Gasteiger partial charge in [-0.25, -0.2) is 8.42 Å². The Bertz CT molecular complexity index is 594. The minimum absolute atomic E-state index is 0.343. The van der Waals surface area contributed by atoms with Crippen LogP contribution in [0.3, 0.4) is 0 Å². The van der Waals surface area contributed by atoms with Crippen LogP contribution >= 0.6 is 11.3 Å². The second-order valence-corrected chi connectivity index (χ2v) is 6.31. The highest BCUT2D eigenvalue weighted by atomic mass is 32.2. The SMILES string of the molecule is Cc1c(S(C)(=O)=O)sc2n[nH]c(N)c12. The smallest absolute Gasteiger partial charge is 0.185 e. The third kappa shape index (κ3) is 1.20. The zero-order valence-corrected chi connectivity index (χ0v) is 9.29. The van der Waals surface area contributed by atoms with E-state index in [1.165, 1.54) is 6.26 Å². The molecule has 5 nitrogen and oxygen atoms in total. The van der Waals surface area contributed by atoms with Crippen LogP contribution in [0, 0.1) is 6.92 Å². The van der Waals surface area contributed by atoms with Gasteiger partial charge in [0.15, 0.2) is 9.84 Å². The van der Waals surface area contributed by atoms with Gasteiger partial charge < -0.3 is 5.73 Å². The second kappa shape index (κ2) is 2.71. The highest BCUT2D eigenvalue weighted by Gasteiger charge is 2.20. The summed E-state index contributed by atoms with van der Waals surface area (Å²) < 4.78 is 23.1. The van der Waals surface area contributed by atoms with E-state index < -0.39 is 9.84 Å². The van der Waals surface area contributed by atoms with Crippen molar-refractivity contribution < 1.29 is 8.42 Å². The average Bonchev–Trinajstić information content (AvgIpc) is 2.53. The Kier molecular flexibility index (Phi) is 1.83. The van der Waals surface area contributed by atoms with E-state index in [9.17, 15) is 8.42 Å². The van der Waals surface area contributed by atoms with Crippen molar-refractivity contribution in [1.82, 2.24) is 10.2 Å². The number of sulfone groups is 1. The number of H-pyrrole nitrogens is 1. The lowest BCUT2D eigenvalue weighted by Crippen LogP contribution is -1.96. The molecule has 3 N–H and O–H groups in total. The number of hydrogen-bond acceptors (Lipinski definition) is 5. The third-order valence-electron chi connectivity index (χ3n) is 1.97. The lowest BCUT2D eigenvalue weighted by Gasteiger charge is -1.94. The molecule has 0 saturated carbocycles. The van der Waals surface area contributed by atoms with E-state index in [1.807, 2.05) is 0 Å². The number of thiophene rings is 1. The van der Waals surface area contributed by atoms with Crippen LogP contribution in [0.25, 0.3) is 10.2 Å². The van der Waals surface area contributed by atoms with Crippen LogP contribution in [-0.2, 0) is 9.84 Å². The van der Waals surface area contributed by atoms with Gasteiger partial charge in [-0.1, -0.05) is 0 Å². The molecule has 0 radical (unpaired) electrons. The summed E-state index contributed by atoms with van der Waals surface area (Å²) in [5.74, 6) is 0.420. The summed E-state index contributed by atoms with van der Waals surface area (Å²) in [6, 6.07) is 0. The predicted molar refractivity (Wildman–Crippen MR) is 56.2 cm³/mol. The standard InChI is InChI=1S/C7H9N3O2S2/c1-3-4-5(8)9-10-6(4)13-7(3)14(2,11)12/h1-2H3,(H3,8,9,10). The van der Waals surface area contributed by atoms with E-state index in [-0.39, 0.29) is 0 Å². The van der Waals surface area contributed by atoms with Crippen LogP contribution < -0.4 is 5.73 Å². The summed E-state index contributed by atoms with van der Waals surface area (Å²) in [5.41, 5.74) is 6.31. The molecule has 0 aromatic carbocycles. The molecule has 0 spiro atoms. The number of nitrogens with two attached hydrogens (primary N) is 1. The van der Waals surface area contributed by atoms with Gasteiger partial charge in [0, 0.05) is 6.26 Å². The van der Waals surface area contributed by atoms with Crippen LogP contribution in [0.1, 0.15) is 5.56 Å². The van der Waals surface area contributed by atoms with Crippen LogP contribution in [0.2, 0.25) is 0 Å². The Morgan fingerprint density at radius 2 is 2.14 bits per heavy atom. The van der Waals surface area contributed by atoms with E-state index in [4.69, 9.17) is 5.73 Å². The van der Waals surface area contributed by atoms with Crippen LogP contribution in [0.5, 0.6) is 0 Å². The molecule has 2 heterocycles. The van der Waals surface area contributed by atoms with Crippen molar-refractivity contribution in [2.24, 2.45) is 0 Å². The number of hydrogen-bond donors (Lipinski definition) is 2. The number of aryl methyl sites for hydroxylation is 1. The van der Waals surface area contributed by atoms with Gasteiger partial charge in [-0.3, -0.25) is 5.10 Å². The number of fused-ring (bicyclic) bond motifs is 1. The summed E-state index contributed by atoms with van der Waals surface area (Å²) in [5, 5.41) is 7.25. The summed E-state index contributed by atoms with van der Waals surface area (Å²) in [4.78, 5) is 0.639. The molecule has 0 aliphatic heterocycles. The first-order chi connectivity index (χ1) is 6.41. The highest BCUT2D eigenvalue weighted by Crippen LogP contribution is 2.35. The first kappa shape index (κ1) is 9.47. The quantitative estimate of drug-likeness (QED) is 0.763. The van der Waals surface area contributed by atoms with Gasteiger partial charge in [-0.05, 0) is 12.5 Å². The molecule has 0 amide bonds. The van der Waals surface area contributed by atoms with Crippen molar-refractivity contribution in [2.75, 3.05) is 12.0 Å². The molecule has 0 saturated heterocycles. The maximum atomic E-state index is 11.4. The van der Waals surface area contributed by atoms with Gasteiger partial charge in [0.25, 0.3) is 0 Å². The van der Waals surface area contributed by atoms with Crippen LogP contribution in [0.4, 0.5) is 5.82 Å². The molecule has 7 heteroatoms. The van der Waals surface area contributed by atoms with E-state index in [0.29, 0.717) is 20.4 Å². The zero-order valence-electron chi connectivity index (χ0n) is 7.66. The molecule has 2 aromatic rings. The number of anilines is 1. The van der Waals surface area contributed by atoms with Crippen molar-refractivity contribution in [3.8, 4) is 0 Å². The van der Waals surface area contributed by atoms with E-state index in [1.54, 1.807) is 6.92 Å². The van der Waals surface area contributed by atoms with Crippen molar-refractivity contribution in [2.45, 2.75) is 11.1 Å². The topological polar surface area (TPSA) is 88.8 Å². The molecule has 14 heavy (non-hydrogen) atoms. The number of aromatic amines is 1. The first-order valence-electron chi connectivity index (χ1n) is 3.84. The fourth-order valence-electron chi connectivity index (χ4n) is 1.39. The summed E-state index contributed by atoms with van der Waals surface area (Å²) in [6.45, 7) is 1.74. The molecule has 2 rings (SSSR count). The van der Waals surface area contributed by atoms with Crippen molar-refractivity contribution in [1.29, 1.82) is 0 Å². The highest BCUT2D eigenvalue weighted by molar-refractivity contribution is 7.93. The van der Waals surface area contributed by atoms with Gasteiger partial charge in [-0.15, -0.1) is 11.3 Å². The Labute approximate surface area is 84.8 Å². The summed E-state index contributed by atoms with van der Waals surface area (Å²) >= 11 is 1.14. The minimum Gasteiger partial charge on any atom is -0.384 e. The van der Waals surface area contributed by atoms with Gasteiger partial charge in [0.1, 0.15) is 14.9 Å². The van der Waals surface area contributed by atoms with E-state index in [2.05, 4.69) is 10.2 Å². The second-order valence-electron chi connectivity index (χ2n) is 3.10. The molecule has 0 unspecified atom stereocenters. The lowest BCUT2D eigenvalue weighted by atomic mass is 10.3. The molecular weight excluding hydrogens is 222 g/mol. The molecule has 76 valence electrons. The van der Waals surface area contributed by atoms with Crippen molar-refractivity contribution in [3.05, 3.63) is 5.56 Å². The molecule has 0 aliphatic carbocycles. The fraction of sp³-hybridized carbons (Fsp3) is 0.286. The van der Waals surface area contributed by atoms with Gasteiger partial charge in [0.05, 0.1) is 5.39 Å². The predicted octanol–water partition coefficient (Wildman–Crippen LogP) is 0.919. The monoisotopic (exact) mass is 231 g/mol.